The van der Waals surface area contributed by atoms with Crippen molar-refractivity contribution in [2.45, 2.75) is 31.7 Å². The zero-order valence-electron chi connectivity index (χ0n) is 11.8. The number of benzene rings is 1. The Morgan fingerprint density at radius 2 is 2.14 bits per heavy atom. The van der Waals surface area contributed by atoms with Crippen molar-refractivity contribution < 1.29 is 19.4 Å². The normalized spacial score (nSPS) is 21.3. The zero-order chi connectivity index (χ0) is 15.5. The number of hydrogen-bond donors (Lipinski definition) is 1. The van der Waals surface area contributed by atoms with Crippen LogP contribution in [0.2, 0.25) is 5.02 Å². The van der Waals surface area contributed by atoms with Crippen LogP contribution >= 0.6 is 11.6 Å². The smallest absolute Gasteiger partial charge is 0.329 e. The summed E-state index contributed by atoms with van der Waals surface area (Å²) >= 11 is 5.96. The van der Waals surface area contributed by atoms with Gasteiger partial charge in [-0.15, -0.1) is 0 Å². The molecular formula is C15H18ClNO4. The van der Waals surface area contributed by atoms with E-state index in [0.717, 1.165) is 0 Å². The molecule has 0 spiro atoms. The standard InChI is InChI=1S/C15H18ClNO4/c1-15(14(19)20)8-4-9-17(15)13(18)7-10-21-12-6-3-2-5-11(12)16/h2-3,5-6H,4,7-10H2,1H3,(H,19,20). The Kier molecular flexibility index (Phi) is 4.73. The number of hydrogen-bond acceptors (Lipinski definition) is 3. The third-order valence-corrected chi connectivity index (χ3v) is 4.13. The van der Waals surface area contributed by atoms with E-state index in [1.165, 1.54) is 4.90 Å². The van der Waals surface area contributed by atoms with E-state index in [1.54, 1.807) is 31.2 Å². The maximum atomic E-state index is 12.2. The lowest BCUT2D eigenvalue weighted by Gasteiger charge is -2.31. The number of rotatable bonds is 5. The van der Waals surface area contributed by atoms with Crippen molar-refractivity contribution in [3.63, 3.8) is 0 Å². The summed E-state index contributed by atoms with van der Waals surface area (Å²) in [7, 11) is 0. The van der Waals surface area contributed by atoms with Gasteiger partial charge in [-0.1, -0.05) is 23.7 Å². The van der Waals surface area contributed by atoms with Gasteiger partial charge in [-0.2, -0.15) is 0 Å². The third kappa shape index (κ3) is 3.29. The molecule has 1 aromatic rings. The minimum absolute atomic E-state index is 0.133. The Balaban J connectivity index is 1.91. The van der Waals surface area contributed by atoms with Crippen molar-refractivity contribution in [2.75, 3.05) is 13.2 Å². The second-order valence-corrected chi connectivity index (χ2v) is 5.66. The molecular weight excluding hydrogens is 294 g/mol. The molecule has 0 bridgehead atoms. The number of aliphatic carboxylic acids is 1. The number of carbonyl (C=O) groups is 2. The minimum atomic E-state index is -1.10. The number of amides is 1. The molecule has 114 valence electrons. The van der Waals surface area contributed by atoms with Gasteiger partial charge in [0.15, 0.2) is 0 Å². The fourth-order valence-corrected chi connectivity index (χ4v) is 2.72. The van der Waals surface area contributed by atoms with E-state index in [-0.39, 0.29) is 18.9 Å². The summed E-state index contributed by atoms with van der Waals surface area (Å²) in [5.74, 6) is -0.640. The van der Waals surface area contributed by atoms with Gasteiger partial charge in [-0.05, 0) is 31.9 Å². The molecule has 0 aliphatic carbocycles. The summed E-state index contributed by atoms with van der Waals surface area (Å²) < 4.78 is 5.47. The largest absolute Gasteiger partial charge is 0.491 e. The molecule has 1 fully saturated rings. The van der Waals surface area contributed by atoms with Gasteiger partial charge in [-0.25, -0.2) is 4.79 Å². The van der Waals surface area contributed by atoms with Gasteiger partial charge < -0.3 is 14.7 Å². The molecule has 1 atom stereocenters. The SMILES string of the molecule is CC1(C(=O)O)CCCN1C(=O)CCOc1ccccc1Cl. The number of para-hydroxylation sites is 1. The summed E-state index contributed by atoms with van der Waals surface area (Å²) in [4.78, 5) is 25.0. The molecule has 6 heteroatoms. The summed E-state index contributed by atoms with van der Waals surface area (Å²) in [5, 5.41) is 9.78. The van der Waals surface area contributed by atoms with E-state index in [2.05, 4.69) is 0 Å². The van der Waals surface area contributed by atoms with Gasteiger partial charge in [0, 0.05) is 6.54 Å². The predicted octanol–water partition coefficient (Wildman–Crippen LogP) is 2.57. The van der Waals surface area contributed by atoms with E-state index < -0.39 is 11.5 Å². The molecule has 1 aliphatic rings. The zero-order valence-corrected chi connectivity index (χ0v) is 12.6. The number of carboxylic acids is 1. The van der Waals surface area contributed by atoms with Crippen molar-refractivity contribution in [1.29, 1.82) is 0 Å². The van der Waals surface area contributed by atoms with Crippen molar-refractivity contribution in [1.82, 2.24) is 4.90 Å². The topological polar surface area (TPSA) is 66.8 Å². The quantitative estimate of drug-likeness (QED) is 0.907. The van der Waals surface area contributed by atoms with Crippen LogP contribution in [0.5, 0.6) is 5.75 Å². The highest BCUT2D eigenvalue weighted by Crippen LogP contribution is 2.30. The first-order valence-electron chi connectivity index (χ1n) is 6.86. The highest BCUT2D eigenvalue weighted by atomic mass is 35.5. The molecule has 5 nitrogen and oxygen atoms in total. The lowest BCUT2D eigenvalue weighted by molar-refractivity contribution is -0.155. The van der Waals surface area contributed by atoms with Crippen LogP contribution in [0.1, 0.15) is 26.2 Å². The monoisotopic (exact) mass is 311 g/mol. The molecule has 1 unspecified atom stereocenters. The summed E-state index contributed by atoms with van der Waals surface area (Å²) in [6.45, 7) is 2.25. The number of ether oxygens (including phenoxy) is 1. The van der Waals surface area contributed by atoms with Gasteiger partial charge in [0.25, 0.3) is 0 Å². The lowest BCUT2D eigenvalue weighted by atomic mass is 9.99. The molecule has 1 amide bonds. The van der Waals surface area contributed by atoms with E-state index >= 15 is 0 Å². The fourth-order valence-electron chi connectivity index (χ4n) is 2.53. The highest BCUT2D eigenvalue weighted by molar-refractivity contribution is 6.32. The number of carboxylic acid groups (broad SMARTS) is 1. The Morgan fingerprint density at radius 3 is 2.81 bits per heavy atom. The summed E-state index contributed by atoms with van der Waals surface area (Å²) in [6, 6.07) is 7.03. The van der Waals surface area contributed by atoms with Gasteiger partial charge in [-0.3, -0.25) is 4.79 Å². The van der Waals surface area contributed by atoms with Gasteiger partial charge >= 0.3 is 5.97 Å². The van der Waals surface area contributed by atoms with Crippen molar-refractivity contribution >= 4 is 23.5 Å². The maximum Gasteiger partial charge on any atom is 0.329 e. The molecule has 0 saturated carbocycles. The first kappa shape index (κ1) is 15.6. The minimum Gasteiger partial charge on any atom is -0.491 e. The Labute approximate surface area is 128 Å². The second-order valence-electron chi connectivity index (χ2n) is 5.26. The molecule has 21 heavy (non-hydrogen) atoms. The Morgan fingerprint density at radius 1 is 1.43 bits per heavy atom. The number of halogens is 1. The number of nitrogens with zero attached hydrogens (tertiary/aromatic N) is 1. The number of carbonyl (C=O) groups excluding carboxylic acids is 1. The molecule has 2 rings (SSSR count). The molecule has 0 radical (unpaired) electrons. The van der Waals surface area contributed by atoms with Crippen LogP contribution in [0.25, 0.3) is 0 Å². The molecule has 1 heterocycles. The van der Waals surface area contributed by atoms with E-state index in [4.69, 9.17) is 16.3 Å². The summed E-state index contributed by atoms with van der Waals surface area (Å²) in [6.07, 6.45) is 1.33. The van der Waals surface area contributed by atoms with Crippen LogP contribution in [0.4, 0.5) is 0 Å². The molecule has 1 N–H and O–H groups in total. The van der Waals surface area contributed by atoms with Crippen molar-refractivity contribution in [2.24, 2.45) is 0 Å². The van der Waals surface area contributed by atoms with E-state index in [0.29, 0.717) is 30.2 Å². The number of likely N-dealkylation sites (tertiary alicyclic amines) is 1. The molecule has 0 aromatic heterocycles. The second kappa shape index (κ2) is 6.35. The molecule has 1 aromatic carbocycles. The van der Waals surface area contributed by atoms with Crippen LogP contribution < -0.4 is 4.74 Å². The first-order chi connectivity index (χ1) is 9.95. The average molecular weight is 312 g/mol. The van der Waals surface area contributed by atoms with Crippen LogP contribution in [-0.2, 0) is 9.59 Å². The maximum absolute atomic E-state index is 12.2. The van der Waals surface area contributed by atoms with Gasteiger partial charge in [0.2, 0.25) is 5.91 Å². The van der Waals surface area contributed by atoms with E-state index in [9.17, 15) is 14.7 Å². The van der Waals surface area contributed by atoms with Gasteiger partial charge in [0.1, 0.15) is 11.3 Å². The Hall–Kier alpha value is -1.75. The lowest BCUT2D eigenvalue weighted by Crippen LogP contribution is -2.51. The van der Waals surface area contributed by atoms with Crippen molar-refractivity contribution in [3.8, 4) is 5.75 Å². The molecule has 1 aliphatic heterocycles. The highest BCUT2D eigenvalue weighted by Gasteiger charge is 2.45. The predicted molar refractivity (Wildman–Crippen MR) is 78.6 cm³/mol. The van der Waals surface area contributed by atoms with Gasteiger partial charge in [0.05, 0.1) is 18.1 Å². The average Bonchev–Trinajstić information content (AvgIpc) is 2.84. The Bertz CT molecular complexity index is 548. The van der Waals surface area contributed by atoms with Crippen LogP contribution in [0.3, 0.4) is 0 Å². The summed E-state index contributed by atoms with van der Waals surface area (Å²) in [5.41, 5.74) is -1.10. The van der Waals surface area contributed by atoms with Crippen LogP contribution in [0.15, 0.2) is 24.3 Å². The first-order valence-corrected chi connectivity index (χ1v) is 7.24. The van der Waals surface area contributed by atoms with Crippen LogP contribution in [0, 0.1) is 0 Å². The van der Waals surface area contributed by atoms with E-state index in [1.807, 2.05) is 0 Å². The van der Waals surface area contributed by atoms with Crippen molar-refractivity contribution in [3.05, 3.63) is 29.3 Å². The molecule has 1 saturated heterocycles. The van der Waals surface area contributed by atoms with Crippen LogP contribution in [-0.4, -0.2) is 40.6 Å². The fraction of sp³-hybridized carbons (Fsp3) is 0.467. The third-order valence-electron chi connectivity index (χ3n) is 3.81.